The molecule has 0 aliphatic rings. The van der Waals surface area contributed by atoms with Gasteiger partial charge in [-0.3, -0.25) is 0 Å². The standard InChI is InChI=1S/C42H24N4O2/c1-4-13-26(14-5-1)39-44-40(27-15-6-2-7-16-27)46-41(45-39)31-24-29-21-20-25-12-10-11-19-30(25)34(29)36-35-32(47-38(31)36)22-23-33-37(35)43-42(48-33)28-17-8-3-9-18-28/h1-24H. The fourth-order valence-corrected chi connectivity index (χ4v) is 6.71. The van der Waals surface area contributed by atoms with Gasteiger partial charge in [0.1, 0.15) is 16.7 Å². The summed E-state index contributed by atoms with van der Waals surface area (Å²) < 4.78 is 13.2. The topological polar surface area (TPSA) is 77.8 Å². The highest BCUT2D eigenvalue weighted by atomic mass is 16.4. The van der Waals surface area contributed by atoms with Crippen LogP contribution in [0.3, 0.4) is 0 Å². The van der Waals surface area contributed by atoms with Crippen LogP contribution in [0.5, 0.6) is 0 Å². The zero-order valence-electron chi connectivity index (χ0n) is 25.5. The molecule has 7 aromatic carbocycles. The van der Waals surface area contributed by atoms with E-state index in [1.54, 1.807) is 0 Å². The number of oxazole rings is 1. The maximum atomic E-state index is 6.83. The average molecular weight is 617 g/mol. The number of rotatable bonds is 4. The molecule has 0 spiro atoms. The Morgan fingerprint density at radius 3 is 1.69 bits per heavy atom. The molecule has 6 nitrogen and oxygen atoms in total. The average Bonchev–Trinajstić information content (AvgIpc) is 3.78. The molecular weight excluding hydrogens is 592 g/mol. The lowest BCUT2D eigenvalue weighted by Gasteiger charge is -2.11. The Bertz CT molecular complexity index is 2770. The van der Waals surface area contributed by atoms with E-state index in [9.17, 15) is 0 Å². The van der Waals surface area contributed by atoms with Gasteiger partial charge in [0.15, 0.2) is 23.1 Å². The summed E-state index contributed by atoms with van der Waals surface area (Å²) in [5.74, 6) is 2.28. The number of benzene rings is 7. The van der Waals surface area contributed by atoms with Crippen molar-refractivity contribution in [3.05, 3.63) is 146 Å². The lowest BCUT2D eigenvalue weighted by Crippen LogP contribution is -2.00. The van der Waals surface area contributed by atoms with E-state index in [0.717, 1.165) is 60.1 Å². The quantitative estimate of drug-likeness (QED) is 0.183. The number of fused-ring (bicyclic) bond motifs is 9. The van der Waals surface area contributed by atoms with Gasteiger partial charge in [-0.15, -0.1) is 0 Å². The van der Waals surface area contributed by atoms with Crippen molar-refractivity contribution in [2.75, 3.05) is 0 Å². The Balaban J connectivity index is 1.34. The van der Waals surface area contributed by atoms with Crippen LogP contribution in [0.2, 0.25) is 0 Å². The van der Waals surface area contributed by atoms with Crippen molar-refractivity contribution >= 4 is 54.6 Å². The normalized spacial score (nSPS) is 11.8. The van der Waals surface area contributed by atoms with Gasteiger partial charge in [0, 0.05) is 27.5 Å². The molecule has 0 saturated heterocycles. The monoisotopic (exact) mass is 616 g/mol. The van der Waals surface area contributed by atoms with Crippen LogP contribution in [0.25, 0.3) is 100 Å². The highest BCUT2D eigenvalue weighted by Gasteiger charge is 2.24. The van der Waals surface area contributed by atoms with E-state index >= 15 is 0 Å². The van der Waals surface area contributed by atoms with E-state index in [0.29, 0.717) is 40.1 Å². The molecule has 3 aromatic heterocycles. The third-order valence-electron chi connectivity index (χ3n) is 8.93. The lowest BCUT2D eigenvalue weighted by molar-refractivity contribution is 0.619. The molecule has 0 N–H and O–H groups in total. The third-order valence-corrected chi connectivity index (χ3v) is 8.93. The van der Waals surface area contributed by atoms with Crippen molar-refractivity contribution in [3.63, 3.8) is 0 Å². The predicted molar refractivity (Wildman–Crippen MR) is 191 cm³/mol. The van der Waals surface area contributed by atoms with Crippen LogP contribution in [0.4, 0.5) is 0 Å². The van der Waals surface area contributed by atoms with Gasteiger partial charge in [-0.1, -0.05) is 115 Å². The van der Waals surface area contributed by atoms with Crippen LogP contribution < -0.4 is 0 Å². The fraction of sp³-hybridized carbons (Fsp3) is 0. The molecule has 10 aromatic rings. The molecule has 3 heterocycles. The molecule has 0 amide bonds. The summed E-state index contributed by atoms with van der Waals surface area (Å²) in [5, 5.41) is 6.26. The highest BCUT2D eigenvalue weighted by Crippen LogP contribution is 2.45. The minimum absolute atomic E-state index is 0.531. The Morgan fingerprint density at radius 1 is 0.396 bits per heavy atom. The molecule has 6 heteroatoms. The maximum absolute atomic E-state index is 6.83. The van der Waals surface area contributed by atoms with E-state index in [1.165, 1.54) is 0 Å². The summed E-state index contributed by atoms with van der Waals surface area (Å²) in [6.45, 7) is 0. The molecule has 10 rings (SSSR count). The van der Waals surface area contributed by atoms with Gasteiger partial charge >= 0.3 is 0 Å². The number of nitrogens with zero attached hydrogens (tertiary/aromatic N) is 4. The fourth-order valence-electron chi connectivity index (χ4n) is 6.71. The van der Waals surface area contributed by atoms with Crippen molar-refractivity contribution in [1.29, 1.82) is 0 Å². The van der Waals surface area contributed by atoms with Crippen molar-refractivity contribution in [1.82, 2.24) is 19.9 Å². The Morgan fingerprint density at radius 2 is 0.979 bits per heavy atom. The Hall–Kier alpha value is -6.66. The van der Waals surface area contributed by atoms with Gasteiger partial charge in [0.05, 0.1) is 10.9 Å². The molecule has 0 aliphatic carbocycles. The molecule has 0 saturated carbocycles. The van der Waals surface area contributed by atoms with Crippen molar-refractivity contribution < 1.29 is 8.83 Å². The summed E-state index contributed by atoms with van der Waals surface area (Å²) in [7, 11) is 0. The second kappa shape index (κ2) is 10.4. The van der Waals surface area contributed by atoms with Crippen LogP contribution >= 0.6 is 0 Å². The molecule has 0 atom stereocenters. The molecule has 0 radical (unpaired) electrons. The SMILES string of the molecule is c1ccc(-c2nc(-c3ccccc3)nc(-c3cc4ccc5ccccc5c4c4c3oc3ccc5oc(-c6ccccc6)nc5c34)n2)cc1. The first-order valence-corrected chi connectivity index (χ1v) is 15.8. The molecule has 48 heavy (non-hydrogen) atoms. The largest absolute Gasteiger partial charge is 0.455 e. The zero-order chi connectivity index (χ0) is 31.6. The molecule has 0 aliphatic heterocycles. The van der Waals surface area contributed by atoms with E-state index in [4.69, 9.17) is 28.8 Å². The number of furan rings is 1. The van der Waals surface area contributed by atoms with E-state index < -0.39 is 0 Å². The lowest BCUT2D eigenvalue weighted by atomic mass is 9.94. The van der Waals surface area contributed by atoms with Crippen LogP contribution in [-0.2, 0) is 0 Å². The van der Waals surface area contributed by atoms with Gasteiger partial charge in [0.25, 0.3) is 0 Å². The van der Waals surface area contributed by atoms with E-state index in [-0.39, 0.29) is 0 Å². The second-order valence-corrected chi connectivity index (χ2v) is 11.8. The van der Waals surface area contributed by atoms with Crippen LogP contribution in [0.1, 0.15) is 0 Å². The first-order chi connectivity index (χ1) is 23.8. The van der Waals surface area contributed by atoms with Gasteiger partial charge in [-0.05, 0) is 46.5 Å². The van der Waals surface area contributed by atoms with Gasteiger partial charge < -0.3 is 8.83 Å². The summed E-state index contributed by atoms with van der Waals surface area (Å²) >= 11 is 0. The Kier molecular flexibility index (Phi) is 5.77. The number of aromatic nitrogens is 4. The smallest absolute Gasteiger partial charge is 0.227 e. The first-order valence-electron chi connectivity index (χ1n) is 15.8. The highest BCUT2D eigenvalue weighted by molar-refractivity contribution is 6.32. The number of hydrogen-bond acceptors (Lipinski definition) is 6. The number of hydrogen-bond donors (Lipinski definition) is 0. The van der Waals surface area contributed by atoms with Gasteiger partial charge in [-0.25, -0.2) is 19.9 Å². The van der Waals surface area contributed by atoms with Gasteiger partial charge in [0.2, 0.25) is 5.89 Å². The Labute approximate surface area is 274 Å². The van der Waals surface area contributed by atoms with E-state index in [2.05, 4.69) is 42.5 Å². The maximum Gasteiger partial charge on any atom is 0.227 e. The minimum Gasteiger partial charge on any atom is -0.455 e. The van der Waals surface area contributed by atoms with Gasteiger partial charge in [-0.2, -0.15) is 0 Å². The molecular formula is C42H24N4O2. The molecule has 0 fully saturated rings. The summed E-state index contributed by atoms with van der Waals surface area (Å²) in [5.41, 5.74) is 6.36. The van der Waals surface area contributed by atoms with Crippen molar-refractivity contribution in [2.45, 2.75) is 0 Å². The second-order valence-electron chi connectivity index (χ2n) is 11.8. The molecule has 224 valence electrons. The van der Waals surface area contributed by atoms with E-state index in [1.807, 2.05) is 103 Å². The van der Waals surface area contributed by atoms with Crippen molar-refractivity contribution in [2.24, 2.45) is 0 Å². The summed E-state index contributed by atoms with van der Waals surface area (Å²) in [4.78, 5) is 20.1. The predicted octanol–water partition coefficient (Wildman–Crippen LogP) is 10.9. The third kappa shape index (κ3) is 4.13. The van der Waals surface area contributed by atoms with Crippen LogP contribution in [0, 0.1) is 0 Å². The molecule has 0 bridgehead atoms. The van der Waals surface area contributed by atoms with Crippen LogP contribution in [-0.4, -0.2) is 19.9 Å². The van der Waals surface area contributed by atoms with Crippen molar-refractivity contribution in [3.8, 4) is 45.6 Å². The minimum atomic E-state index is 0.531. The molecule has 0 unspecified atom stereocenters. The summed E-state index contributed by atoms with van der Waals surface area (Å²) in [6.07, 6.45) is 0. The first kappa shape index (κ1) is 26.5. The zero-order valence-corrected chi connectivity index (χ0v) is 25.5. The van der Waals surface area contributed by atoms with Crippen LogP contribution in [0.15, 0.2) is 154 Å². The summed E-state index contributed by atoms with van der Waals surface area (Å²) in [6, 6.07) is 48.8.